The lowest BCUT2D eigenvalue weighted by atomic mass is 10.1. The van der Waals surface area contributed by atoms with Crippen LogP contribution in [-0.2, 0) is 0 Å². The van der Waals surface area contributed by atoms with Gasteiger partial charge in [0.1, 0.15) is 5.52 Å². The third-order valence-corrected chi connectivity index (χ3v) is 2.10. The fourth-order valence-electron chi connectivity index (χ4n) is 1.31. The Hall–Kier alpha value is -1.90. The summed E-state index contributed by atoms with van der Waals surface area (Å²) in [4.78, 5) is 18.0. The summed E-state index contributed by atoms with van der Waals surface area (Å²) in [7, 11) is 0. The van der Waals surface area contributed by atoms with E-state index in [-0.39, 0.29) is 5.56 Å². The Morgan fingerprint density at radius 3 is 3.07 bits per heavy atom. The number of fused-ring (bicyclic) bond motifs is 1. The van der Waals surface area contributed by atoms with Gasteiger partial charge < -0.3 is 4.98 Å². The molecule has 0 aliphatic rings. The van der Waals surface area contributed by atoms with Gasteiger partial charge in [-0.3, -0.25) is 4.79 Å². The number of rotatable bonds is 1. The molecule has 0 aromatic carbocycles. The summed E-state index contributed by atoms with van der Waals surface area (Å²) in [5.74, 6) is 0. The van der Waals surface area contributed by atoms with E-state index < -0.39 is 0 Å². The van der Waals surface area contributed by atoms with Crippen molar-refractivity contribution in [3.05, 3.63) is 47.0 Å². The number of aromatic nitrogens is 2. The maximum Gasteiger partial charge on any atom is 0.274 e. The maximum atomic E-state index is 11.3. The van der Waals surface area contributed by atoms with Crippen molar-refractivity contribution in [1.29, 1.82) is 0 Å². The highest BCUT2D eigenvalue weighted by Crippen LogP contribution is 2.14. The molecule has 0 amide bonds. The summed E-state index contributed by atoms with van der Waals surface area (Å²) in [6, 6.07) is 3.75. The molecule has 0 fully saturated rings. The maximum absolute atomic E-state index is 11.3. The van der Waals surface area contributed by atoms with E-state index in [0.29, 0.717) is 5.52 Å². The van der Waals surface area contributed by atoms with Gasteiger partial charge in [-0.25, -0.2) is 4.98 Å². The average Bonchev–Trinajstić information content (AvgIpc) is 2.17. The fraction of sp³-hybridized carbons (Fsp3) is 0.0909. The van der Waals surface area contributed by atoms with Crippen LogP contribution in [0.25, 0.3) is 16.5 Å². The lowest BCUT2D eigenvalue weighted by molar-refractivity contribution is 1.23. The molecule has 2 rings (SSSR count). The molecule has 2 aromatic rings. The zero-order valence-electron chi connectivity index (χ0n) is 7.87. The molecule has 0 bridgehead atoms. The summed E-state index contributed by atoms with van der Waals surface area (Å²) < 4.78 is 0. The second-order valence-electron chi connectivity index (χ2n) is 3.25. The fourth-order valence-corrected chi connectivity index (χ4v) is 1.31. The van der Waals surface area contributed by atoms with Crippen molar-refractivity contribution >= 4 is 16.5 Å². The van der Waals surface area contributed by atoms with Gasteiger partial charge in [-0.1, -0.05) is 6.58 Å². The van der Waals surface area contributed by atoms with Crippen molar-refractivity contribution in [3.8, 4) is 0 Å². The van der Waals surface area contributed by atoms with E-state index in [0.717, 1.165) is 16.5 Å². The third-order valence-electron chi connectivity index (χ3n) is 2.10. The Balaban J connectivity index is 2.80. The minimum Gasteiger partial charge on any atom is -0.327 e. The van der Waals surface area contributed by atoms with Crippen LogP contribution in [0, 0.1) is 0 Å². The minimum atomic E-state index is -0.157. The monoisotopic (exact) mass is 186 g/mol. The smallest absolute Gasteiger partial charge is 0.274 e. The van der Waals surface area contributed by atoms with Gasteiger partial charge in [0.15, 0.2) is 0 Å². The van der Waals surface area contributed by atoms with Crippen LogP contribution in [0.3, 0.4) is 0 Å². The van der Waals surface area contributed by atoms with Gasteiger partial charge in [0.2, 0.25) is 0 Å². The van der Waals surface area contributed by atoms with Gasteiger partial charge in [-0.2, -0.15) is 0 Å². The van der Waals surface area contributed by atoms with Gasteiger partial charge in [0.25, 0.3) is 5.56 Å². The Bertz CT molecular complexity index is 554. The molecule has 0 saturated carbocycles. The van der Waals surface area contributed by atoms with E-state index in [9.17, 15) is 4.79 Å². The zero-order valence-corrected chi connectivity index (χ0v) is 7.87. The van der Waals surface area contributed by atoms with Gasteiger partial charge in [0.05, 0.1) is 0 Å². The Morgan fingerprint density at radius 2 is 2.36 bits per heavy atom. The summed E-state index contributed by atoms with van der Waals surface area (Å²) in [6.45, 7) is 5.74. The Kier molecular flexibility index (Phi) is 1.93. The van der Waals surface area contributed by atoms with E-state index in [2.05, 4.69) is 16.5 Å². The first-order valence-electron chi connectivity index (χ1n) is 4.32. The molecular formula is C11H10N2O. The van der Waals surface area contributed by atoms with E-state index in [1.807, 2.05) is 19.1 Å². The predicted molar refractivity (Wildman–Crippen MR) is 57.1 cm³/mol. The number of hydrogen-bond donors (Lipinski definition) is 1. The standard InChI is InChI=1S/C11H10N2O/c1-7(2)9-5-8-3-4-12-11(14)10(8)13-6-9/h3-6H,1H2,2H3,(H,12,14). The molecule has 0 spiro atoms. The van der Waals surface area contributed by atoms with Gasteiger partial charge in [0, 0.05) is 17.8 Å². The molecule has 0 saturated heterocycles. The lowest BCUT2D eigenvalue weighted by Crippen LogP contribution is -2.06. The molecule has 2 heterocycles. The molecule has 3 heteroatoms. The molecule has 0 aliphatic heterocycles. The third kappa shape index (κ3) is 1.33. The largest absolute Gasteiger partial charge is 0.327 e. The number of allylic oxidation sites excluding steroid dienone is 1. The van der Waals surface area contributed by atoms with Crippen molar-refractivity contribution < 1.29 is 0 Å². The highest BCUT2D eigenvalue weighted by Gasteiger charge is 2.00. The summed E-state index contributed by atoms with van der Waals surface area (Å²) in [5, 5.41) is 0.842. The molecule has 2 aromatic heterocycles. The summed E-state index contributed by atoms with van der Waals surface area (Å²) in [5.41, 5.74) is 2.22. The molecule has 70 valence electrons. The predicted octanol–water partition coefficient (Wildman–Crippen LogP) is 1.96. The summed E-state index contributed by atoms with van der Waals surface area (Å²) in [6.07, 6.45) is 3.29. The molecule has 1 N–H and O–H groups in total. The molecule has 0 radical (unpaired) electrons. The van der Waals surface area contributed by atoms with E-state index in [4.69, 9.17) is 0 Å². The zero-order chi connectivity index (χ0) is 10.1. The van der Waals surface area contributed by atoms with Crippen LogP contribution in [0.15, 0.2) is 35.9 Å². The van der Waals surface area contributed by atoms with Gasteiger partial charge in [-0.15, -0.1) is 0 Å². The normalized spacial score (nSPS) is 10.4. The van der Waals surface area contributed by atoms with E-state index in [1.165, 1.54) is 0 Å². The van der Waals surface area contributed by atoms with Gasteiger partial charge >= 0.3 is 0 Å². The molecule has 0 atom stereocenters. The number of pyridine rings is 2. The molecular weight excluding hydrogens is 176 g/mol. The number of aromatic amines is 1. The van der Waals surface area contributed by atoms with Crippen LogP contribution in [0.4, 0.5) is 0 Å². The highest BCUT2D eigenvalue weighted by atomic mass is 16.1. The summed E-state index contributed by atoms with van der Waals surface area (Å²) >= 11 is 0. The quantitative estimate of drug-likeness (QED) is 0.739. The van der Waals surface area contributed by atoms with Crippen molar-refractivity contribution in [3.63, 3.8) is 0 Å². The first kappa shape index (κ1) is 8.69. The van der Waals surface area contributed by atoms with Crippen molar-refractivity contribution in [2.45, 2.75) is 6.92 Å². The van der Waals surface area contributed by atoms with Gasteiger partial charge in [-0.05, 0) is 30.2 Å². The van der Waals surface area contributed by atoms with Crippen LogP contribution in [0.1, 0.15) is 12.5 Å². The van der Waals surface area contributed by atoms with E-state index in [1.54, 1.807) is 12.4 Å². The van der Waals surface area contributed by atoms with Crippen molar-refractivity contribution in [2.24, 2.45) is 0 Å². The number of H-pyrrole nitrogens is 1. The van der Waals surface area contributed by atoms with Crippen LogP contribution >= 0.6 is 0 Å². The second-order valence-corrected chi connectivity index (χ2v) is 3.25. The number of nitrogens with zero attached hydrogens (tertiary/aromatic N) is 1. The van der Waals surface area contributed by atoms with Crippen LogP contribution < -0.4 is 5.56 Å². The van der Waals surface area contributed by atoms with Crippen LogP contribution in [-0.4, -0.2) is 9.97 Å². The minimum absolute atomic E-state index is 0.157. The topological polar surface area (TPSA) is 45.8 Å². The molecule has 0 unspecified atom stereocenters. The number of nitrogens with one attached hydrogen (secondary N) is 1. The van der Waals surface area contributed by atoms with Crippen molar-refractivity contribution in [2.75, 3.05) is 0 Å². The number of hydrogen-bond acceptors (Lipinski definition) is 2. The second kappa shape index (κ2) is 3.10. The average molecular weight is 186 g/mol. The van der Waals surface area contributed by atoms with Crippen LogP contribution in [0.5, 0.6) is 0 Å². The van der Waals surface area contributed by atoms with E-state index >= 15 is 0 Å². The van der Waals surface area contributed by atoms with Crippen LogP contribution in [0.2, 0.25) is 0 Å². The molecule has 0 aliphatic carbocycles. The molecule has 3 nitrogen and oxygen atoms in total. The highest BCUT2D eigenvalue weighted by molar-refractivity contribution is 5.80. The lowest BCUT2D eigenvalue weighted by Gasteiger charge is -2.00. The first-order chi connectivity index (χ1) is 6.68. The SMILES string of the molecule is C=C(C)c1cnc2c(=O)[nH]ccc2c1. The Labute approximate surface area is 81.1 Å². The molecule has 14 heavy (non-hydrogen) atoms. The van der Waals surface area contributed by atoms with Crippen molar-refractivity contribution in [1.82, 2.24) is 9.97 Å². The Morgan fingerprint density at radius 1 is 1.57 bits per heavy atom. The first-order valence-corrected chi connectivity index (χ1v) is 4.32.